The molecule has 4 amide bonds. The Kier molecular flexibility index (Phi) is 18.5. The Balaban J connectivity index is 0.837. The number of nitrogens with one attached hydrogen (secondary N) is 3. The van der Waals surface area contributed by atoms with Crippen LogP contribution in [0.15, 0.2) is 124 Å². The second-order valence-corrected chi connectivity index (χ2v) is 26.5. The fraction of sp³-hybridized carbons (Fsp3) is 0.411. The Hall–Kier alpha value is -6.15. The average Bonchev–Trinajstić information content (AvgIpc) is 3.60. The summed E-state index contributed by atoms with van der Waals surface area (Å²) >= 11 is 7.59. The van der Waals surface area contributed by atoms with Crippen LogP contribution in [0.5, 0.6) is 0 Å². The lowest BCUT2D eigenvalue weighted by Crippen LogP contribution is -2.50. The van der Waals surface area contributed by atoms with E-state index in [2.05, 4.69) is 61.5 Å². The van der Waals surface area contributed by atoms with Crippen molar-refractivity contribution < 1.29 is 48.8 Å². The number of urea groups is 1. The number of piperazine rings is 2. The standard InChI is InChI=1S/C56H63ClF4N10O7S3/c1-55(2)21-18-46(38-8-12-41(57)13-9-38)40(33-55)35-68-28-30-70(31-29-68)43-14-10-39(11-15-43)53(73)66-81(77,78)45-16-17-47(50(32-45)80(75,76)56(59,60)61)63-42(37-79-44-6-4-3-5-7-44)19-22-67-24-26-69(27-25-67)36-48-52(58)49(34-62-65-48)71-23-20-51(72)64-54(71)74/h3-17,32,34,42,63H,18-31,33,35-37H2,1-2H3,(H,66,73)(H,64,72,74)/t42-/m1/s1. The predicted molar refractivity (Wildman–Crippen MR) is 304 cm³/mol. The fourth-order valence-electron chi connectivity index (χ4n) is 10.5. The first-order valence-electron chi connectivity index (χ1n) is 26.6. The first-order valence-corrected chi connectivity index (χ1v) is 30.9. The number of allylic oxidation sites excluding steroid dienone is 1. The van der Waals surface area contributed by atoms with Crippen molar-refractivity contribution in [2.45, 2.75) is 78.7 Å². The molecular weight excluding hydrogens is 1130 g/mol. The van der Waals surface area contributed by atoms with Gasteiger partial charge in [-0.05, 0) is 109 Å². The topological polar surface area (TPSA) is 198 Å². The normalized spacial score (nSPS) is 18.4. The molecule has 0 saturated carbocycles. The minimum atomic E-state index is -6.16. The second-order valence-electron chi connectivity index (χ2n) is 21.4. The maximum Gasteiger partial charge on any atom is 0.501 e. The molecular formula is C56H63ClF4N10O7S3. The van der Waals surface area contributed by atoms with E-state index in [1.165, 1.54) is 40.6 Å². The molecule has 0 unspecified atom stereocenters. The number of hydrogen-bond donors (Lipinski definition) is 3. The van der Waals surface area contributed by atoms with Gasteiger partial charge in [-0.2, -0.15) is 23.4 Å². The highest BCUT2D eigenvalue weighted by atomic mass is 35.5. The highest BCUT2D eigenvalue weighted by Crippen LogP contribution is 2.43. The van der Waals surface area contributed by atoms with Crippen LogP contribution in [-0.4, -0.2) is 149 Å². The smallest absolute Gasteiger partial charge is 0.380 e. The van der Waals surface area contributed by atoms with Crippen LogP contribution in [0.4, 0.5) is 39.4 Å². The maximum atomic E-state index is 15.7. The SMILES string of the molecule is CC1(C)CCC(c2ccc(Cl)cc2)=C(CN2CCN(c3ccc(C(=O)NS(=O)(=O)c4ccc(N[C@H](CCN5CCN(Cc6nncc(N7CCC(=O)NC7=O)c6F)CC5)CSc5ccccc5)c(S(=O)(=O)C(F)(F)F)c4)cc3)CC2)C1. The Morgan fingerprint density at radius 1 is 0.827 bits per heavy atom. The number of sulfonamides is 1. The molecule has 0 bridgehead atoms. The van der Waals surface area contributed by atoms with Crippen molar-refractivity contribution in [1.82, 2.24) is 34.9 Å². The summed E-state index contributed by atoms with van der Waals surface area (Å²) in [5, 5.41) is 13.7. The second kappa shape index (κ2) is 25.1. The molecule has 17 nitrogen and oxygen atoms in total. The van der Waals surface area contributed by atoms with Gasteiger partial charge in [-0.15, -0.1) is 11.8 Å². The fourth-order valence-corrected chi connectivity index (χ4v) is 13.7. The molecule has 4 aromatic carbocycles. The van der Waals surface area contributed by atoms with E-state index in [4.69, 9.17) is 11.6 Å². The lowest BCUT2D eigenvalue weighted by Gasteiger charge is -2.39. The Bertz CT molecular complexity index is 3360. The van der Waals surface area contributed by atoms with Gasteiger partial charge in [0.15, 0.2) is 5.82 Å². The summed E-state index contributed by atoms with van der Waals surface area (Å²) in [5.41, 5.74) is -1.40. The van der Waals surface area contributed by atoms with Gasteiger partial charge in [0.1, 0.15) is 16.3 Å². The highest BCUT2D eigenvalue weighted by Gasteiger charge is 2.48. The van der Waals surface area contributed by atoms with Gasteiger partial charge >= 0.3 is 11.5 Å². The number of hydrogen-bond acceptors (Lipinski definition) is 15. The van der Waals surface area contributed by atoms with E-state index < -0.39 is 70.6 Å². The molecule has 3 fully saturated rings. The molecule has 1 aliphatic carbocycles. The van der Waals surface area contributed by atoms with Crippen LogP contribution in [0.3, 0.4) is 0 Å². The molecule has 25 heteroatoms. The van der Waals surface area contributed by atoms with Crippen molar-refractivity contribution in [3.63, 3.8) is 0 Å². The Labute approximate surface area is 478 Å². The number of alkyl halides is 3. The number of rotatable bonds is 19. The molecule has 3 saturated heterocycles. The van der Waals surface area contributed by atoms with E-state index in [9.17, 15) is 44.4 Å². The Morgan fingerprint density at radius 2 is 1.49 bits per heavy atom. The number of thioether (sulfide) groups is 1. The van der Waals surface area contributed by atoms with Crippen molar-refractivity contribution >= 4 is 83.7 Å². The molecule has 4 heterocycles. The van der Waals surface area contributed by atoms with E-state index >= 15 is 4.39 Å². The molecule has 1 atom stereocenters. The van der Waals surface area contributed by atoms with Crippen molar-refractivity contribution in [3.8, 4) is 0 Å². The molecule has 9 rings (SSSR count). The van der Waals surface area contributed by atoms with Crippen LogP contribution >= 0.6 is 23.4 Å². The number of carbonyl (C=O) groups is 3. The zero-order chi connectivity index (χ0) is 57.7. The summed E-state index contributed by atoms with van der Waals surface area (Å²) in [6.07, 6.45) is 4.53. The molecule has 3 N–H and O–H groups in total. The van der Waals surface area contributed by atoms with Gasteiger partial charge in [-0.25, -0.2) is 30.7 Å². The number of anilines is 3. The van der Waals surface area contributed by atoms with Crippen molar-refractivity contribution in [1.29, 1.82) is 0 Å². The molecule has 3 aliphatic heterocycles. The van der Waals surface area contributed by atoms with Gasteiger partial charge in [0, 0.05) is 118 Å². The summed E-state index contributed by atoms with van der Waals surface area (Å²) in [4.78, 5) is 46.0. The van der Waals surface area contributed by atoms with Crippen LogP contribution in [0, 0.1) is 11.2 Å². The minimum Gasteiger partial charge on any atom is -0.380 e. The number of imide groups is 1. The Morgan fingerprint density at radius 3 is 2.17 bits per heavy atom. The number of halogens is 5. The van der Waals surface area contributed by atoms with Gasteiger partial charge in [0.2, 0.25) is 5.91 Å². The van der Waals surface area contributed by atoms with Crippen LogP contribution in [-0.2, 0) is 31.2 Å². The third-order valence-corrected chi connectivity index (χ3v) is 19.4. The number of sulfone groups is 1. The minimum absolute atomic E-state index is 0.00162. The van der Waals surface area contributed by atoms with Crippen molar-refractivity contribution in [3.05, 3.63) is 136 Å². The predicted octanol–water partition coefficient (Wildman–Crippen LogP) is 8.69. The van der Waals surface area contributed by atoms with Gasteiger partial charge in [-0.1, -0.05) is 61.4 Å². The largest absolute Gasteiger partial charge is 0.501 e. The summed E-state index contributed by atoms with van der Waals surface area (Å²) in [6, 6.07) is 24.5. The lowest BCUT2D eigenvalue weighted by atomic mass is 9.73. The molecule has 432 valence electrons. The first-order chi connectivity index (χ1) is 38.5. The third kappa shape index (κ3) is 14.7. The van der Waals surface area contributed by atoms with Gasteiger partial charge in [0.25, 0.3) is 25.8 Å². The molecule has 1 aromatic heterocycles. The van der Waals surface area contributed by atoms with E-state index in [1.807, 2.05) is 52.1 Å². The summed E-state index contributed by atoms with van der Waals surface area (Å²) < 4.78 is 115. The van der Waals surface area contributed by atoms with E-state index in [-0.39, 0.29) is 47.6 Å². The number of aromatic nitrogens is 2. The average molecular weight is 1200 g/mol. The number of benzene rings is 4. The van der Waals surface area contributed by atoms with E-state index in [0.717, 1.165) is 72.7 Å². The number of amides is 4. The summed E-state index contributed by atoms with van der Waals surface area (Å²) in [5.74, 6) is -1.99. The zero-order valence-electron chi connectivity index (χ0n) is 44.7. The van der Waals surface area contributed by atoms with Crippen LogP contribution in [0.1, 0.15) is 67.6 Å². The monoisotopic (exact) mass is 1190 g/mol. The molecule has 5 aromatic rings. The molecule has 4 aliphatic rings. The zero-order valence-corrected chi connectivity index (χ0v) is 47.9. The molecule has 0 spiro atoms. The quantitative estimate of drug-likeness (QED) is 0.0524. The summed E-state index contributed by atoms with van der Waals surface area (Å²) in [6.45, 7) is 10.9. The molecule has 0 radical (unpaired) electrons. The highest BCUT2D eigenvalue weighted by molar-refractivity contribution is 7.99. The van der Waals surface area contributed by atoms with Gasteiger partial charge < -0.3 is 15.1 Å². The summed E-state index contributed by atoms with van der Waals surface area (Å²) in [7, 11) is -11.1. The third-order valence-electron chi connectivity index (χ3n) is 15.1. The van der Waals surface area contributed by atoms with Crippen molar-refractivity contribution in [2.75, 3.05) is 92.9 Å². The van der Waals surface area contributed by atoms with E-state index in [0.29, 0.717) is 63.3 Å². The van der Waals surface area contributed by atoms with Crippen LogP contribution < -0.4 is 25.2 Å². The molecule has 81 heavy (non-hydrogen) atoms. The van der Waals surface area contributed by atoms with Gasteiger partial charge in [0.05, 0.1) is 16.8 Å². The number of nitrogens with zero attached hydrogens (tertiary/aromatic N) is 7. The maximum absolute atomic E-state index is 15.7. The van der Waals surface area contributed by atoms with Crippen LogP contribution in [0.25, 0.3) is 5.57 Å². The number of carbonyl (C=O) groups excluding carboxylic acids is 3. The lowest BCUT2D eigenvalue weighted by molar-refractivity contribution is -0.120. The van der Waals surface area contributed by atoms with E-state index in [1.54, 1.807) is 12.1 Å². The first kappa shape index (κ1) is 59.5. The van der Waals surface area contributed by atoms with Gasteiger partial charge in [-0.3, -0.25) is 29.6 Å². The van der Waals surface area contributed by atoms with Crippen molar-refractivity contribution in [2.24, 2.45) is 5.41 Å². The van der Waals surface area contributed by atoms with Crippen LogP contribution in [0.2, 0.25) is 5.02 Å².